The minimum atomic E-state index is -1.07. The molecule has 0 amide bonds. The molecule has 4 nitrogen and oxygen atoms in total. The Morgan fingerprint density at radius 3 is 2.79 bits per heavy atom. The van der Waals surface area contributed by atoms with Crippen LogP contribution in [0.2, 0.25) is 0 Å². The molecule has 0 aliphatic heterocycles. The van der Waals surface area contributed by atoms with Crippen LogP contribution in [0.15, 0.2) is 48.8 Å². The minimum Gasteiger partial charge on any atom is -0.550 e. The van der Waals surface area contributed by atoms with Crippen LogP contribution in [-0.2, 0) is 17.8 Å². The molecule has 2 aromatic rings. The van der Waals surface area contributed by atoms with Crippen LogP contribution >= 0.6 is 0 Å². The normalized spacial score (nSPS) is 10.2. The van der Waals surface area contributed by atoms with Gasteiger partial charge in [0.05, 0.1) is 12.7 Å². The lowest BCUT2D eigenvalue weighted by Gasteiger charge is -2.06. The van der Waals surface area contributed by atoms with E-state index >= 15 is 0 Å². The Morgan fingerprint density at radius 1 is 1.26 bits per heavy atom. The van der Waals surface area contributed by atoms with Crippen molar-refractivity contribution in [3.8, 4) is 5.75 Å². The van der Waals surface area contributed by atoms with Gasteiger partial charge >= 0.3 is 0 Å². The molecule has 0 radical (unpaired) electrons. The van der Waals surface area contributed by atoms with Crippen molar-refractivity contribution in [3.05, 3.63) is 59.9 Å². The summed E-state index contributed by atoms with van der Waals surface area (Å²) in [5, 5.41) is 10.6. The summed E-state index contributed by atoms with van der Waals surface area (Å²) in [6, 6.07) is 11.4. The third-order valence-electron chi connectivity index (χ3n) is 2.81. The third-order valence-corrected chi connectivity index (χ3v) is 2.81. The highest BCUT2D eigenvalue weighted by molar-refractivity contribution is 5.67. The molecule has 0 aliphatic rings. The van der Waals surface area contributed by atoms with Crippen molar-refractivity contribution < 1.29 is 19.2 Å². The second kappa shape index (κ2) is 6.00. The Morgan fingerprint density at radius 2 is 2.05 bits per heavy atom. The first-order valence-electron chi connectivity index (χ1n) is 5.99. The first-order valence-corrected chi connectivity index (χ1v) is 5.99. The predicted octanol–water partition coefficient (Wildman–Crippen LogP) is 0.323. The maximum atomic E-state index is 10.6. The van der Waals surface area contributed by atoms with Gasteiger partial charge in [-0.3, -0.25) is 0 Å². The van der Waals surface area contributed by atoms with Crippen molar-refractivity contribution in [3.63, 3.8) is 0 Å². The van der Waals surface area contributed by atoms with Crippen molar-refractivity contribution in [2.45, 2.75) is 13.0 Å². The fraction of sp³-hybridized carbons (Fsp3) is 0.200. The number of rotatable bonds is 5. The molecule has 19 heavy (non-hydrogen) atoms. The van der Waals surface area contributed by atoms with Crippen molar-refractivity contribution in [2.24, 2.45) is 0 Å². The van der Waals surface area contributed by atoms with E-state index in [0.29, 0.717) is 6.54 Å². The number of para-hydroxylation sites is 1. The molecule has 4 heteroatoms. The number of methoxy groups -OCH3 is 1. The van der Waals surface area contributed by atoms with Gasteiger partial charge in [0.1, 0.15) is 5.75 Å². The molecule has 0 atom stereocenters. The Hall–Kier alpha value is -2.36. The number of aromatic nitrogens is 1. The molecule has 2 rings (SSSR count). The first kappa shape index (κ1) is 13.1. The highest BCUT2D eigenvalue weighted by Gasteiger charge is 2.08. The minimum absolute atomic E-state index is 0.0766. The Balaban J connectivity index is 2.21. The van der Waals surface area contributed by atoms with E-state index in [9.17, 15) is 9.90 Å². The number of carboxylic acids is 1. The van der Waals surface area contributed by atoms with Crippen molar-refractivity contribution in [1.82, 2.24) is 0 Å². The summed E-state index contributed by atoms with van der Waals surface area (Å²) in [5.41, 5.74) is 1.76. The monoisotopic (exact) mass is 257 g/mol. The number of carbonyl (C=O) groups is 1. The largest absolute Gasteiger partial charge is 0.550 e. The van der Waals surface area contributed by atoms with E-state index in [-0.39, 0.29) is 6.42 Å². The number of hydrogen-bond acceptors (Lipinski definition) is 3. The standard InChI is InChI=1S/C15H15NO3/c1-19-14-7-3-2-6-13(14)11-16-8-4-5-12(10-16)9-15(17)18/h2-8,10H,9,11H2,1H3. The maximum absolute atomic E-state index is 10.6. The molecule has 0 aliphatic carbocycles. The van der Waals surface area contributed by atoms with Gasteiger partial charge in [-0.2, -0.15) is 0 Å². The lowest BCUT2D eigenvalue weighted by molar-refractivity contribution is -0.688. The predicted molar refractivity (Wildman–Crippen MR) is 67.4 cm³/mol. The highest BCUT2D eigenvalue weighted by Crippen LogP contribution is 2.16. The summed E-state index contributed by atoms with van der Waals surface area (Å²) in [6.45, 7) is 0.630. The molecule has 1 aromatic carbocycles. The van der Waals surface area contributed by atoms with E-state index in [4.69, 9.17) is 4.74 Å². The fourth-order valence-electron chi connectivity index (χ4n) is 1.98. The average Bonchev–Trinajstić information content (AvgIpc) is 2.39. The van der Waals surface area contributed by atoms with E-state index in [1.165, 1.54) is 0 Å². The number of pyridine rings is 1. The molecular formula is C15H15NO3. The van der Waals surface area contributed by atoms with Gasteiger partial charge in [0.25, 0.3) is 0 Å². The molecule has 0 unspecified atom stereocenters. The fourth-order valence-corrected chi connectivity index (χ4v) is 1.98. The summed E-state index contributed by atoms with van der Waals surface area (Å²) in [4.78, 5) is 10.6. The summed E-state index contributed by atoms with van der Waals surface area (Å²) in [6.07, 6.45) is 3.63. The van der Waals surface area contributed by atoms with Crippen molar-refractivity contribution >= 4 is 5.97 Å². The maximum Gasteiger partial charge on any atom is 0.177 e. The smallest absolute Gasteiger partial charge is 0.177 e. The lowest BCUT2D eigenvalue weighted by atomic mass is 10.2. The number of aliphatic carboxylic acids is 1. The summed E-state index contributed by atoms with van der Waals surface area (Å²) in [7, 11) is 1.63. The van der Waals surface area contributed by atoms with Gasteiger partial charge in [0.15, 0.2) is 18.9 Å². The molecule has 0 bridgehead atoms. The first-order chi connectivity index (χ1) is 9.19. The van der Waals surface area contributed by atoms with Gasteiger partial charge in [-0.1, -0.05) is 12.1 Å². The molecule has 0 saturated carbocycles. The zero-order valence-electron chi connectivity index (χ0n) is 10.7. The zero-order valence-corrected chi connectivity index (χ0v) is 10.7. The lowest BCUT2D eigenvalue weighted by Crippen LogP contribution is -2.35. The van der Waals surface area contributed by atoms with E-state index < -0.39 is 5.97 Å². The topological polar surface area (TPSA) is 53.2 Å². The van der Waals surface area contributed by atoms with Gasteiger partial charge < -0.3 is 14.6 Å². The molecule has 1 heterocycles. The molecule has 0 N–H and O–H groups in total. The summed E-state index contributed by atoms with van der Waals surface area (Å²) in [5.74, 6) is -0.254. The number of carbonyl (C=O) groups excluding carboxylic acids is 1. The molecule has 1 aromatic heterocycles. The van der Waals surface area contributed by atoms with Gasteiger partial charge in [0, 0.05) is 24.0 Å². The number of benzene rings is 1. The molecule has 98 valence electrons. The van der Waals surface area contributed by atoms with Crippen LogP contribution in [0.1, 0.15) is 11.1 Å². The summed E-state index contributed by atoms with van der Waals surface area (Å²) < 4.78 is 7.22. The van der Waals surface area contributed by atoms with Crippen molar-refractivity contribution in [1.29, 1.82) is 0 Å². The van der Waals surface area contributed by atoms with Crippen LogP contribution in [0, 0.1) is 0 Å². The third kappa shape index (κ3) is 3.55. The SMILES string of the molecule is COc1ccccc1C[n+]1cccc(CC(=O)[O-])c1. The van der Waals surface area contributed by atoms with E-state index in [1.54, 1.807) is 13.2 Å². The van der Waals surface area contributed by atoms with Gasteiger partial charge in [-0.05, 0) is 18.2 Å². The van der Waals surface area contributed by atoms with E-state index in [0.717, 1.165) is 16.9 Å². The van der Waals surface area contributed by atoms with E-state index in [2.05, 4.69) is 0 Å². The van der Waals surface area contributed by atoms with Crippen LogP contribution in [-0.4, -0.2) is 13.1 Å². The van der Waals surface area contributed by atoms with E-state index in [1.807, 2.05) is 47.3 Å². The second-order valence-electron chi connectivity index (χ2n) is 4.25. The Kier molecular flexibility index (Phi) is 4.13. The van der Waals surface area contributed by atoms with Gasteiger partial charge in [-0.25, -0.2) is 4.57 Å². The van der Waals surface area contributed by atoms with Gasteiger partial charge in [0.2, 0.25) is 0 Å². The zero-order chi connectivity index (χ0) is 13.7. The summed E-state index contributed by atoms with van der Waals surface area (Å²) >= 11 is 0. The van der Waals surface area contributed by atoms with Crippen LogP contribution < -0.4 is 14.4 Å². The number of hydrogen-bond donors (Lipinski definition) is 0. The number of carboxylic acid groups (broad SMARTS) is 1. The number of ether oxygens (including phenoxy) is 1. The van der Waals surface area contributed by atoms with Crippen LogP contribution in [0.25, 0.3) is 0 Å². The van der Waals surface area contributed by atoms with Gasteiger partial charge in [-0.15, -0.1) is 0 Å². The van der Waals surface area contributed by atoms with Crippen molar-refractivity contribution in [2.75, 3.05) is 7.11 Å². The average molecular weight is 257 g/mol. The van der Waals surface area contributed by atoms with Crippen LogP contribution in [0.5, 0.6) is 5.75 Å². The molecular weight excluding hydrogens is 242 g/mol. The van der Waals surface area contributed by atoms with Crippen LogP contribution in [0.4, 0.5) is 0 Å². The Labute approximate surface area is 111 Å². The molecule has 0 spiro atoms. The highest BCUT2D eigenvalue weighted by atomic mass is 16.5. The molecule has 0 saturated heterocycles. The quantitative estimate of drug-likeness (QED) is 0.725. The van der Waals surface area contributed by atoms with Crippen LogP contribution in [0.3, 0.4) is 0 Å². The number of nitrogens with zero attached hydrogens (tertiary/aromatic N) is 1. The molecule has 0 fully saturated rings. The second-order valence-corrected chi connectivity index (χ2v) is 4.25. The Bertz CT molecular complexity index is 581.